The van der Waals surface area contributed by atoms with E-state index >= 15 is 0 Å². The Balaban J connectivity index is 2.70. The number of ether oxygens (including phenoxy) is 3. The van der Waals surface area contributed by atoms with Crippen LogP contribution in [0.4, 0.5) is 0 Å². The van der Waals surface area contributed by atoms with Crippen molar-refractivity contribution in [1.82, 2.24) is 0 Å². The van der Waals surface area contributed by atoms with Crippen molar-refractivity contribution in [3.8, 4) is 0 Å². The van der Waals surface area contributed by atoms with Crippen molar-refractivity contribution in [3.05, 3.63) is 25.3 Å². The van der Waals surface area contributed by atoms with Crippen molar-refractivity contribution in [1.29, 1.82) is 0 Å². The van der Waals surface area contributed by atoms with Crippen molar-refractivity contribution in [2.45, 2.75) is 45.4 Å². The summed E-state index contributed by atoms with van der Waals surface area (Å²) in [6.45, 7) is 8.52. The van der Waals surface area contributed by atoms with Crippen molar-refractivity contribution >= 4 is 17.9 Å². The van der Waals surface area contributed by atoms with Crippen LogP contribution in [0.15, 0.2) is 25.3 Å². The molecule has 1 rings (SSSR count). The van der Waals surface area contributed by atoms with E-state index in [1.54, 1.807) is 0 Å². The van der Waals surface area contributed by atoms with E-state index in [0.29, 0.717) is 6.42 Å². The van der Waals surface area contributed by atoms with E-state index in [0.717, 1.165) is 44.3 Å². The molecule has 0 spiro atoms. The van der Waals surface area contributed by atoms with Gasteiger partial charge in [-0.1, -0.05) is 39.3 Å². The van der Waals surface area contributed by atoms with E-state index in [4.69, 9.17) is 14.2 Å². The average Bonchev–Trinajstić information content (AvgIpc) is 2.67. The van der Waals surface area contributed by atoms with E-state index in [1.165, 1.54) is 0 Å². The molecule has 0 saturated heterocycles. The summed E-state index contributed by atoms with van der Waals surface area (Å²) in [6.07, 6.45) is 7.52. The van der Waals surface area contributed by atoms with Crippen LogP contribution in [0.25, 0.3) is 0 Å². The molecule has 0 aliphatic heterocycles. The Morgan fingerprint density at radius 1 is 0.920 bits per heavy atom. The van der Waals surface area contributed by atoms with Crippen LogP contribution in [0.5, 0.6) is 0 Å². The topological polar surface area (TPSA) is 78.9 Å². The lowest BCUT2D eigenvalue weighted by atomic mass is 9.87. The average molecular weight is 352 g/mol. The van der Waals surface area contributed by atoms with Gasteiger partial charge in [-0.3, -0.25) is 4.79 Å². The number of esters is 3. The molecule has 0 unspecified atom stereocenters. The minimum absolute atomic E-state index is 0.0215. The monoisotopic (exact) mass is 352 g/mol. The summed E-state index contributed by atoms with van der Waals surface area (Å²) in [4.78, 5) is 35.0. The van der Waals surface area contributed by atoms with Crippen molar-refractivity contribution in [2.75, 3.05) is 19.8 Å². The Kier molecular flexibility index (Phi) is 8.95. The SMILES string of the molecule is C=CC(=O)OCC(CC)(COC(=O)C=C)COC(=O)C1CCCCC1. The lowest BCUT2D eigenvalue weighted by Crippen LogP contribution is -2.39. The van der Waals surface area contributed by atoms with E-state index in [1.807, 2.05) is 6.92 Å². The molecular weight excluding hydrogens is 324 g/mol. The van der Waals surface area contributed by atoms with E-state index in [9.17, 15) is 14.4 Å². The van der Waals surface area contributed by atoms with Crippen LogP contribution in [-0.2, 0) is 28.6 Å². The summed E-state index contributed by atoms with van der Waals surface area (Å²) < 4.78 is 15.7. The maximum atomic E-state index is 12.3. The van der Waals surface area contributed by atoms with Crippen LogP contribution in [-0.4, -0.2) is 37.7 Å². The summed E-state index contributed by atoms with van der Waals surface area (Å²) >= 11 is 0. The molecule has 0 heterocycles. The second-order valence-electron chi connectivity index (χ2n) is 6.42. The lowest BCUT2D eigenvalue weighted by molar-refractivity contribution is -0.162. The second kappa shape index (κ2) is 10.7. The molecule has 140 valence electrons. The normalized spacial score (nSPS) is 15.1. The van der Waals surface area contributed by atoms with Crippen LogP contribution >= 0.6 is 0 Å². The number of carbonyl (C=O) groups excluding carboxylic acids is 3. The van der Waals surface area contributed by atoms with Gasteiger partial charge in [0.1, 0.15) is 19.8 Å². The quantitative estimate of drug-likeness (QED) is 0.342. The molecule has 1 fully saturated rings. The van der Waals surface area contributed by atoms with Gasteiger partial charge in [0, 0.05) is 12.2 Å². The number of hydrogen-bond donors (Lipinski definition) is 0. The van der Waals surface area contributed by atoms with Crippen molar-refractivity contribution in [2.24, 2.45) is 11.3 Å². The molecule has 0 radical (unpaired) electrons. The van der Waals surface area contributed by atoms with Gasteiger partial charge >= 0.3 is 17.9 Å². The van der Waals surface area contributed by atoms with Crippen molar-refractivity contribution in [3.63, 3.8) is 0 Å². The molecule has 0 aromatic carbocycles. The Morgan fingerprint density at radius 3 is 1.84 bits per heavy atom. The molecule has 6 nitrogen and oxygen atoms in total. The highest BCUT2D eigenvalue weighted by Crippen LogP contribution is 2.28. The first-order chi connectivity index (χ1) is 12.0. The van der Waals surface area contributed by atoms with Gasteiger partial charge in [-0.15, -0.1) is 0 Å². The first-order valence-electron chi connectivity index (χ1n) is 8.71. The standard InChI is InChI=1S/C19H28O6/c1-4-16(20)23-12-19(6-3,13-24-17(21)5-2)14-25-18(22)15-10-8-7-9-11-15/h4-5,15H,1-2,6-14H2,3H3. The molecule has 0 bridgehead atoms. The summed E-state index contributed by atoms with van der Waals surface area (Å²) in [7, 11) is 0. The minimum atomic E-state index is -0.790. The zero-order valence-electron chi connectivity index (χ0n) is 15.0. The van der Waals surface area contributed by atoms with Gasteiger partial charge in [0.05, 0.1) is 11.3 Å². The molecule has 25 heavy (non-hydrogen) atoms. The highest BCUT2D eigenvalue weighted by molar-refractivity contribution is 5.81. The predicted molar refractivity (Wildman–Crippen MR) is 92.6 cm³/mol. The van der Waals surface area contributed by atoms with E-state index in [-0.39, 0.29) is 31.7 Å². The van der Waals surface area contributed by atoms with Crippen LogP contribution in [0.1, 0.15) is 45.4 Å². The summed E-state index contributed by atoms with van der Waals surface area (Å²) in [5.74, 6) is -1.46. The fourth-order valence-corrected chi connectivity index (χ4v) is 2.68. The van der Waals surface area contributed by atoms with E-state index < -0.39 is 17.4 Å². The van der Waals surface area contributed by atoms with Crippen LogP contribution < -0.4 is 0 Å². The van der Waals surface area contributed by atoms with Gasteiger partial charge in [-0.25, -0.2) is 9.59 Å². The molecule has 0 amide bonds. The Hall–Kier alpha value is -2.11. The summed E-state index contributed by atoms with van der Waals surface area (Å²) in [6, 6.07) is 0. The summed E-state index contributed by atoms with van der Waals surface area (Å²) in [5.41, 5.74) is -0.790. The zero-order valence-corrected chi connectivity index (χ0v) is 15.0. The van der Waals surface area contributed by atoms with Gasteiger partial charge in [0.25, 0.3) is 0 Å². The third kappa shape index (κ3) is 7.11. The third-order valence-electron chi connectivity index (χ3n) is 4.58. The van der Waals surface area contributed by atoms with Gasteiger partial charge in [-0.05, 0) is 19.3 Å². The van der Waals surface area contributed by atoms with Crippen LogP contribution in [0, 0.1) is 11.3 Å². The Morgan fingerprint density at radius 2 is 1.40 bits per heavy atom. The zero-order chi connectivity index (χ0) is 18.7. The molecule has 0 N–H and O–H groups in total. The molecule has 1 aliphatic rings. The Labute approximate surface area is 149 Å². The lowest BCUT2D eigenvalue weighted by Gasteiger charge is -2.31. The number of hydrogen-bond acceptors (Lipinski definition) is 6. The number of carbonyl (C=O) groups is 3. The molecule has 6 heteroatoms. The smallest absolute Gasteiger partial charge is 0.330 e. The second-order valence-corrected chi connectivity index (χ2v) is 6.42. The van der Waals surface area contributed by atoms with Gasteiger partial charge < -0.3 is 14.2 Å². The molecule has 0 atom stereocenters. The first kappa shape index (κ1) is 20.9. The number of rotatable bonds is 10. The first-order valence-corrected chi connectivity index (χ1v) is 8.71. The maximum Gasteiger partial charge on any atom is 0.330 e. The molecular formula is C19H28O6. The largest absolute Gasteiger partial charge is 0.465 e. The van der Waals surface area contributed by atoms with Gasteiger partial charge in [0.15, 0.2) is 0 Å². The fraction of sp³-hybridized carbons (Fsp3) is 0.632. The van der Waals surface area contributed by atoms with Crippen molar-refractivity contribution < 1.29 is 28.6 Å². The van der Waals surface area contributed by atoms with Gasteiger partial charge in [-0.2, -0.15) is 0 Å². The highest BCUT2D eigenvalue weighted by Gasteiger charge is 2.35. The molecule has 0 aromatic heterocycles. The minimum Gasteiger partial charge on any atom is -0.465 e. The molecule has 0 aromatic rings. The molecule has 1 aliphatic carbocycles. The van der Waals surface area contributed by atoms with E-state index in [2.05, 4.69) is 13.2 Å². The van der Waals surface area contributed by atoms with Gasteiger partial charge in [0.2, 0.25) is 0 Å². The summed E-state index contributed by atoms with van der Waals surface area (Å²) in [5, 5.41) is 0. The predicted octanol–water partition coefficient (Wildman–Crippen LogP) is 2.96. The third-order valence-corrected chi connectivity index (χ3v) is 4.58. The van der Waals surface area contributed by atoms with Crippen LogP contribution in [0.3, 0.4) is 0 Å². The molecule has 1 saturated carbocycles. The Bertz CT molecular complexity index is 466. The van der Waals surface area contributed by atoms with Crippen LogP contribution in [0.2, 0.25) is 0 Å². The fourth-order valence-electron chi connectivity index (χ4n) is 2.68. The highest BCUT2D eigenvalue weighted by atomic mass is 16.6. The maximum absolute atomic E-state index is 12.3.